The number of nitrogens with zero attached hydrogens (tertiary/aromatic N) is 1. The van der Waals surface area contributed by atoms with Crippen molar-refractivity contribution in [1.82, 2.24) is 4.98 Å². The summed E-state index contributed by atoms with van der Waals surface area (Å²) in [7, 11) is -1.96. The highest BCUT2D eigenvalue weighted by molar-refractivity contribution is 7.92. The van der Waals surface area contributed by atoms with Crippen molar-refractivity contribution in [3.63, 3.8) is 0 Å². The molecular formula is C10H11N3O2S2. The predicted octanol–water partition coefficient (Wildman–Crippen LogP) is 1.99. The predicted molar refractivity (Wildman–Crippen MR) is 68.9 cm³/mol. The molecule has 0 amide bonds. The summed E-state index contributed by atoms with van der Waals surface area (Å²) in [6.07, 6.45) is 1.54. The van der Waals surface area contributed by atoms with Crippen molar-refractivity contribution in [2.75, 3.05) is 17.1 Å². The molecule has 0 saturated heterocycles. The molecule has 2 aromatic heterocycles. The van der Waals surface area contributed by atoms with Gasteiger partial charge in [-0.05, 0) is 23.6 Å². The average Bonchev–Trinajstić information content (AvgIpc) is 2.81. The Labute approximate surface area is 104 Å². The van der Waals surface area contributed by atoms with Gasteiger partial charge in [-0.15, -0.1) is 0 Å². The normalized spacial score (nSPS) is 11.1. The summed E-state index contributed by atoms with van der Waals surface area (Å²) < 4.78 is 26.7. The molecule has 90 valence electrons. The van der Waals surface area contributed by atoms with Crippen LogP contribution < -0.4 is 10.0 Å². The van der Waals surface area contributed by atoms with Crippen LogP contribution in [0.2, 0.25) is 0 Å². The lowest BCUT2D eigenvalue weighted by atomic mass is 10.5. The van der Waals surface area contributed by atoms with E-state index < -0.39 is 10.0 Å². The summed E-state index contributed by atoms with van der Waals surface area (Å²) in [6, 6.07) is 4.80. The number of anilines is 2. The molecule has 0 saturated carbocycles. The van der Waals surface area contributed by atoms with Crippen molar-refractivity contribution in [2.24, 2.45) is 0 Å². The largest absolute Gasteiger partial charge is 0.372 e. The van der Waals surface area contributed by atoms with E-state index in [-0.39, 0.29) is 4.90 Å². The topological polar surface area (TPSA) is 71.1 Å². The van der Waals surface area contributed by atoms with Crippen molar-refractivity contribution in [3.05, 3.63) is 35.2 Å². The Hall–Kier alpha value is -1.60. The Morgan fingerprint density at radius 3 is 2.82 bits per heavy atom. The first-order chi connectivity index (χ1) is 8.13. The minimum atomic E-state index is -3.59. The van der Waals surface area contributed by atoms with E-state index in [0.29, 0.717) is 11.5 Å². The van der Waals surface area contributed by atoms with Crippen LogP contribution in [0.1, 0.15) is 0 Å². The van der Waals surface area contributed by atoms with Crippen LogP contribution in [-0.2, 0) is 10.0 Å². The zero-order valence-corrected chi connectivity index (χ0v) is 10.7. The number of pyridine rings is 1. The zero-order chi connectivity index (χ0) is 12.3. The molecule has 0 spiro atoms. The number of thiophene rings is 1. The Balaban J connectivity index is 2.38. The molecule has 0 aromatic carbocycles. The molecule has 2 aromatic rings. The Kier molecular flexibility index (Phi) is 3.30. The van der Waals surface area contributed by atoms with Gasteiger partial charge in [0.05, 0.1) is 5.69 Å². The van der Waals surface area contributed by atoms with Gasteiger partial charge in [0.2, 0.25) is 0 Å². The number of rotatable bonds is 4. The van der Waals surface area contributed by atoms with Gasteiger partial charge in [-0.2, -0.15) is 11.3 Å². The third-order valence-corrected chi connectivity index (χ3v) is 4.17. The minimum Gasteiger partial charge on any atom is -0.372 e. The average molecular weight is 269 g/mol. The molecule has 0 fully saturated rings. The first-order valence-corrected chi connectivity index (χ1v) is 7.24. The molecule has 0 aliphatic heterocycles. The van der Waals surface area contributed by atoms with Crippen molar-refractivity contribution < 1.29 is 8.42 Å². The maximum absolute atomic E-state index is 12.1. The summed E-state index contributed by atoms with van der Waals surface area (Å²) in [4.78, 5) is 4.10. The van der Waals surface area contributed by atoms with Crippen LogP contribution in [0.4, 0.5) is 11.5 Å². The second kappa shape index (κ2) is 4.72. The number of nitrogens with one attached hydrogen (secondary N) is 2. The highest BCUT2D eigenvalue weighted by atomic mass is 32.2. The van der Waals surface area contributed by atoms with Gasteiger partial charge in [0.15, 0.2) is 0 Å². The molecular weight excluding hydrogens is 258 g/mol. The van der Waals surface area contributed by atoms with E-state index in [0.717, 1.165) is 0 Å². The van der Waals surface area contributed by atoms with E-state index in [1.807, 2.05) is 0 Å². The lowest BCUT2D eigenvalue weighted by Gasteiger charge is -2.09. The van der Waals surface area contributed by atoms with E-state index in [9.17, 15) is 8.42 Å². The van der Waals surface area contributed by atoms with Crippen LogP contribution in [-0.4, -0.2) is 20.4 Å². The lowest BCUT2D eigenvalue weighted by molar-refractivity contribution is 0.601. The molecule has 0 aliphatic carbocycles. The van der Waals surface area contributed by atoms with E-state index >= 15 is 0 Å². The summed E-state index contributed by atoms with van der Waals surface area (Å²) in [5.74, 6) is 0.329. The lowest BCUT2D eigenvalue weighted by Crippen LogP contribution is -2.14. The van der Waals surface area contributed by atoms with Gasteiger partial charge < -0.3 is 5.32 Å². The summed E-state index contributed by atoms with van der Waals surface area (Å²) in [5.41, 5.74) is 0.556. The Morgan fingerprint density at radius 2 is 2.18 bits per heavy atom. The van der Waals surface area contributed by atoms with Gasteiger partial charge in [0.25, 0.3) is 10.0 Å². The highest BCUT2D eigenvalue weighted by Crippen LogP contribution is 2.22. The van der Waals surface area contributed by atoms with E-state index in [4.69, 9.17) is 0 Å². The molecule has 0 aliphatic rings. The van der Waals surface area contributed by atoms with Gasteiger partial charge in [-0.3, -0.25) is 4.72 Å². The number of sulfonamides is 1. The smallest absolute Gasteiger partial charge is 0.265 e. The molecule has 0 bridgehead atoms. The molecule has 7 heteroatoms. The van der Waals surface area contributed by atoms with Crippen molar-refractivity contribution >= 4 is 32.9 Å². The summed E-state index contributed by atoms with van der Waals surface area (Å²) in [5, 5.41) is 6.29. The Morgan fingerprint density at radius 1 is 1.35 bits per heavy atom. The van der Waals surface area contributed by atoms with Crippen molar-refractivity contribution in [2.45, 2.75) is 4.90 Å². The second-order valence-electron chi connectivity index (χ2n) is 3.22. The highest BCUT2D eigenvalue weighted by Gasteiger charge is 2.18. The SMILES string of the molecule is CNc1ncccc1S(=O)(=O)Nc1ccsc1. The molecule has 5 nitrogen and oxygen atoms in total. The van der Waals surface area contributed by atoms with Gasteiger partial charge in [0.1, 0.15) is 10.7 Å². The molecule has 0 radical (unpaired) electrons. The number of aromatic nitrogens is 1. The Bertz CT molecular complexity index is 594. The minimum absolute atomic E-state index is 0.133. The van der Waals surface area contributed by atoms with Gasteiger partial charge >= 0.3 is 0 Å². The van der Waals surface area contributed by atoms with E-state index in [1.54, 1.807) is 29.9 Å². The molecule has 17 heavy (non-hydrogen) atoms. The first kappa shape index (κ1) is 11.9. The van der Waals surface area contributed by atoms with Crippen molar-refractivity contribution in [1.29, 1.82) is 0 Å². The molecule has 0 unspecified atom stereocenters. The second-order valence-corrected chi connectivity index (χ2v) is 5.65. The van der Waals surface area contributed by atoms with Crippen LogP contribution in [0.15, 0.2) is 40.1 Å². The van der Waals surface area contributed by atoms with Gasteiger partial charge in [0, 0.05) is 18.6 Å². The third-order valence-electron chi connectivity index (χ3n) is 2.07. The van der Waals surface area contributed by atoms with Crippen molar-refractivity contribution in [3.8, 4) is 0 Å². The van der Waals surface area contributed by atoms with Crippen LogP contribution in [0, 0.1) is 0 Å². The molecule has 2 rings (SSSR count). The fourth-order valence-electron chi connectivity index (χ4n) is 1.33. The molecule has 0 atom stereocenters. The fraction of sp³-hybridized carbons (Fsp3) is 0.100. The standard InChI is InChI=1S/C10H11N3O2S2/c1-11-10-9(3-2-5-12-10)17(14,15)13-8-4-6-16-7-8/h2-7,13H,1H3,(H,11,12). The number of hydrogen-bond donors (Lipinski definition) is 2. The molecule has 2 N–H and O–H groups in total. The number of hydrogen-bond acceptors (Lipinski definition) is 5. The van der Waals surface area contributed by atoms with Crippen LogP contribution in [0.3, 0.4) is 0 Å². The van der Waals surface area contributed by atoms with Crippen LogP contribution >= 0.6 is 11.3 Å². The van der Waals surface area contributed by atoms with E-state index in [2.05, 4.69) is 15.0 Å². The van der Waals surface area contributed by atoms with E-state index in [1.165, 1.54) is 23.6 Å². The van der Waals surface area contributed by atoms with Gasteiger partial charge in [-0.1, -0.05) is 0 Å². The maximum Gasteiger partial charge on any atom is 0.265 e. The first-order valence-electron chi connectivity index (χ1n) is 4.81. The maximum atomic E-state index is 12.1. The van der Waals surface area contributed by atoms with Gasteiger partial charge in [-0.25, -0.2) is 13.4 Å². The summed E-state index contributed by atoms with van der Waals surface area (Å²) in [6.45, 7) is 0. The third kappa shape index (κ3) is 2.56. The quantitative estimate of drug-likeness (QED) is 0.890. The molecule has 2 heterocycles. The van der Waals surface area contributed by atoms with Crippen LogP contribution in [0.5, 0.6) is 0 Å². The zero-order valence-electron chi connectivity index (χ0n) is 9.04. The monoisotopic (exact) mass is 269 g/mol. The summed E-state index contributed by atoms with van der Waals surface area (Å²) >= 11 is 1.43. The van der Waals surface area contributed by atoms with Crippen LogP contribution in [0.25, 0.3) is 0 Å². The fourth-order valence-corrected chi connectivity index (χ4v) is 3.20.